The van der Waals surface area contributed by atoms with Crippen LogP contribution in [0.15, 0.2) is 54.6 Å². The van der Waals surface area contributed by atoms with Gasteiger partial charge in [-0.15, -0.1) is 0 Å². The maximum atomic E-state index is 10.4. The molecule has 4 nitrogen and oxygen atoms in total. The van der Waals surface area contributed by atoms with E-state index in [0.29, 0.717) is 12.4 Å². The summed E-state index contributed by atoms with van der Waals surface area (Å²) in [6.07, 6.45) is 0. The Morgan fingerprint density at radius 3 is 1.83 bits per heavy atom. The number of carbonyl (C=O) groups excluding carboxylic acids is 1. The van der Waals surface area contributed by atoms with E-state index in [9.17, 15) is 4.79 Å². The SMILES string of the molecule is NC(=O)c1ccccc1.c1ccc2c(c1)OCO2. The average Bonchev–Trinajstić information content (AvgIpc) is 2.89. The van der Waals surface area contributed by atoms with E-state index < -0.39 is 0 Å². The predicted molar refractivity (Wildman–Crippen MR) is 67.5 cm³/mol. The van der Waals surface area contributed by atoms with Gasteiger partial charge in [0.1, 0.15) is 0 Å². The minimum atomic E-state index is -0.379. The molecule has 1 aliphatic heterocycles. The molecule has 0 radical (unpaired) electrons. The van der Waals surface area contributed by atoms with Gasteiger partial charge in [-0.05, 0) is 24.3 Å². The van der Waals surface area contributed by atoms with Crippen LogP contribution in [-0.2, 0) is 0 Å². The van der Waals surface area contributed by atoms with Gasteiger partial charge in [-0.1, -0.05) is 30.3 Å². The monoisotopic (exact) mass is 243 g/mol. The van der Waals surface area contributed by atoms with Gasteiger partial charge in [0.15, 0.2) is 11.5 Å². The molecule has 1 heterocycles. The molecule has 0 aromatic heterocycles. The van der Waals surface area contributed by atoms with E-state index in [0.717, 1.165) is 11.5 Å². The van der Waals surface area contributed by atoms with Crippen LogP contribution in [-0.4, -0.2) is 12.7 Å². The average molecular weight is 243 g/mol. The summed E-state index contributed by atoms with van der Waals surface area (Å²) in [6, 6.07) is 16.4. The molecule has 3 rings (SSSR count). The number of primary amides is 1. The standard InChI is InChI=1S/C7H7NO.C7H6O2/c8-7(9)6-4-2-1-3-5-6;1-2-4-7-6(3-1)8-5-9-7/h1-5H,(H2,8,9);1-4H,5H2. The largest absolute Gasteiger partial charge is 0.454 e. The van der Waals surface area contributed by atoms with Gasteiger partial charge in [0.25, 0.3) is 0 Å². The Hall–Kier alpha value is -2.49. The fourth-order valence-corrected chi connectivity index (χ4v) is 1.45. The van der Waals surface area contributed by atoms with Crippen LogP contribution >= 0.6 is 0 Å². The normalized spacial score (nSPS) is 11.3. The van der Waals surface area contributed by atoms with Crippen LogP contribution in [0.25, 0.3) is 0 Å². The van der Waals surface area contributed by atoms with Crippen molar-refractivity contribution in [1.29, 1.82) is 0 Å². The number of amides is 1. The minimum Gasteiger partial charge on any atom is -0.454 e. The van der Waals surface area contributed by atoms with Gasteiger partial charge in [0.05, 0.1) is 0 Å². The molecule has 0 aliphatic carbocycles. The van der Waals surface area contributed by atoms with Crippen LogP contribution in [0.3, 0.4) is 0 Å². The highest BCUT2D eigenvalue weighted by molar-refractivity contribution is 5.92. The van der Waals surface area contributed by atoms with Crippen LogP contribution in [0.1, 0.15) is 10.4 Å². The van der Waals surface area contributed by atoms with E-state index in [-0.39, 0.29) is 5.91 Å². The summed E-state index contributed by atoms with van der Waals surface area (Å²) in [5, 5.41) is 0. The summed E-state index contributed by atoms with van der Waals surface area (Å²) in [5.74, 6) is 1.31. The number of nitrogens with two attached hydrogens (primary N) is 1. The lowest BCUT2D eigenvalue weighted by atomic mass is 10.2. The summed E-state index contributed by atoms with van der Waals surface area (Å²) >= 11 is 0. The van der Waals surface area contributed by atoms with E-state index >= 15 is 0 Å². The van der Waals surface area contributed by atoms with Gasteiger partial charge in [-0.25, -0.2) is 0 Å². The zero-order chi connectivity index (χ0) is 12.8. The van der Waals surface area contributed by atoms with E-state index in [2.05, 4.69) is 0 Å². The third-order valence-corrected chi connectivity index (χ3v) is 2.34. The number of hydrogen-bond acceptors (Lipinski definition) is 3. The molecule has 0 saturated carbocycles. The molecule has 0 fully saturated rings. The second-order valence-electron chi connectivity index (χ2n) is 3.58. The number of rotatable bonds is 1. The van der Waals surface area contributed by atoms with Crippen LogP contribution in [0.4, 0.5) is 0 Å². The Labute approximate surface area is 105 Å². The second kappa shape index (κ2) is 5.72. The molecule has 2 N–H and O–H groups in total. The van der Waals surface area contributed by atoms with Crippen molar-refractivity contribution in [3.8, 4) is 11.5 Å². The first-order chi connectivity index (χ1) is 8.77. The first-order valence-corrected chi connectivity index (χ1v) is 5.47. The van der Waals surface area contributed by atoms with Gasteiger partial charge in [0, 0.05) is 5.56 Å². The quantitative estimate of drug-likeness (QED) is 0.835. The maximum Gasteiger partial charge on any atom is 0.248 e. The molecule has 18 heavy (non-hydrogen) atoms. The molecule has 0 bridgehead atoms. The van der Waals surface area contributed by atoms with E-state index in [4.69, 9.17) is 15.2 Å². The zero-order valence-electron chi connectivity index (χ0n) is 9.71. The Bertz CT molecular complexity index is 503. The van der Waals surface area contributed by atoms with Crippen LogP contribution < -0.4 is 15.2 Å². The fraction of sp³-hybridized carbons (Fsp3) is 0.0714. The van der Waals surface area contributed by atoms with Crippen molar-refractivity contribution < 1.29 is 14.3 Å². The van der Waals surface area contributed by atoms with Crippen molar-refractivity contribution in [2.24, 2.45) is 5.73 Å². The Kier molecular flexibility index (Phi) is 3.81. The third-order valence-electron chi connectivity index (χ3n) is 2.34. The molecule has 0 unspecified atom stereocenters. The van der Waals surface area contributed by atoms with Crippen molar-refractivity contribution in [1.82, 2.24) is 0 Å². The predicted octanol–water partition coefficient (Wildman–Crippen LogP) is 2.20. The highest BCUT2D eigenvalue weighted by Gasteiger charge is 2.09. The van der Waals surface area contributed by atoms with Crippen molar-refractivity contribution in [2.45, 2.75) is 0 Å². The number of hydrogen-bond donors (Lipinski definition) is 1. The van der Waals surface area contributed by atoms with Crippen LogP contribution in [0.2, 0.25) is 0 Å². The third kappa shape index (κ3) is 3.01. The van der Waals surface area contributed by atoms with Crippen molar-refractivity contribution >= 4 is 5.91 Å². The molecule has 0 spiro atoms. The highest BCUT2D eigenvalue weighted by Crippen LogP contribution is 2.30. The van der Waals surface area contributed by atoms with E-state index in [1.807, 2.05) is 30.3 Å². The van der Waals surface area contributed by atoms with Gasteiger partial charge in [-0.2, -0.15) is 0 Å². The Morgan fingerprint density at radius 2 is 1.39 bits per heavy atom. The lowest BCUT2D eigenvalue weighted by Crippen LogP contribution is -2.09. The molecule has 1 aliphatic rings. The van der Waals surface area contributed by atoms with Gasteiger partial charge < -0.3 is 15.2 Å². The molecule has 0 saturated heterocycles. The Morgan fingerprint density at radius 1 is 0.889 bits per heavy atom. The van der Waals surface area contributed by atoms with E-state index in [1.165, 1.54) is 0 Å². The molecule has 2 aromatic rings. The molecular weight excluding hydrogens is 230 g/mol. The molecule has 92 valence electrons. The summed E-state index contributed by atoms with van der Waals surface area (Å²) in [5.41, 5.74) is 5.53. The molecule has 0 atom stereocenters. The molecule has 1 amide bonds. The smallest absolute Gasteiger partial charge is 0.248 e. The lowest BCUT2D eigenvalue weighted by molar-refractivity contribution is 0.100. The number of benzene rings is 2. The number of fused-ring (bicyclic) bond motifs is 1. The van der Waals surface area contributed by atoms with Crippen LogP contribution in [0, 0.1) is 0 Å². The zero-order valence-corrected chi connectivity index (χ0v) is 9.71. The number of para-hydroxylation sites is 2. The summed E-state index contributed by atoms with van der Waals surface area (Å²) < 4.78 is 10.2. The summed E-state index contributed by atoms with van der Waals surface area (Å²) in [7, 11) is 0. The summed E-state index contributed by atoms with van der Waals surface area (Å²) in [6.45, 7) is 0.360. The van der Waals surface area contributed by atoms with Gasteiger partial charge in [0.2, 0.25) is 12.7 Å². The highest BCUT2D eigenvalue weighted by atomic mass is 16.7. The molecule has 4 heteroatoms. The summed E-state index contributed by atoms with van der Waals surface area (Å²) in [4.78, 5) is 10.4. The molecule has 2 aromatic carbocycles. The first kappa shape index (κ1) is 12.0. The maximum absolute atomic E-state index is 10.4. The number of carbonyl (C=O) groups is 1. The lowest BCUT2D eigenvalue weighted by Gasteiger charge is -1.89. The van der Waals surface area contributed by atoms with Gasteiger partial charge in [-0.3, -0.25) is 4.79 Å². The Balaban J connectivity index is 0.000000134. The topological polar surface area (TPSA) is 61.6 Å². The van der Waals surface area contributed by atoms with Crippen molar-refractivity contribution in [3.05, 3.63) is 60.2 Å². The fourth-order valence-electron chi connectivity index (χ4n) is 1.45. The van der Waals surface area contributed by atoms with Crippen molar-refractivity contribution in [3.63, 3.8) is 0 Å². The second-order valence-corrected chi connectivity index (χ2v) is 3.58. The number of ether oxygens (including phenoxy) is 2. The van der Waals surface area contributed by atoms with Crippen LogP contribution in [0.5, 0.6) is 11.5 Å². The van der Waals surface area contributed by atoms with E-state index in [1.54, 1.807) is 24.3 Å². The first-order valence-electron chi connectivity index (χ1n) is 5.47. The van der Waals surface area contributed by atoms with Crippen molar-refractivity contribution in [2.75, 3.05) is 6.79 Å². The van der Waals surface area contributed by atoms with Gasteiger partial charge >= 0.3 is 0 Å². The molecular formula is C14H13NO3. The minimum absolute atomic E-state index is 0.360.